The number of benzene rings is 1. The van der Waals surface area contributed by atoms with Crippen LogP contribution in [0.3, 0.4) is 0 Å². The molecule has 0 bridgehead atoms. The third-order valence-electron chi connectivity index (χ3n) is 3.15. The van der Waals surface area contributed by atoms with Gasteiger partial charge in [0.25, 0.3) is 0 Å². The van der Waals surface area contributed by atoms with Gasteiger partial charge in [-0.2, -0.15) is 13.2 Å². The van der Waals surface area contributed by atoms with E-state index in [2.05, 4.69) is 5.32 Å². The van der Waals surface area contributed by atoms with Crippen molar-refractivity contribution in [3.05, 3.63) is 47.5 Å². The summed E-state index contributed by atoms with van der Waals surface area (Å²) in [4.78, 5) is 13.2. The molecule has 0 spiro atoms. The van der Waals surface area contributed by atoms with Crippen LogP contribution in [-0.2, 0) is 6.54 Å². The molecular weight excluding hydrogens is 269 g/mol. The Kier molecular flexibility index (Phi) is 4.32. The highest BCUT2D eigenvalue weighted by Gasteiger charge is 2.35. The minimum absolute atomic E-state index is 0.00450. The minimum Gasteiger partial charge on any atom is -0.334 e. The van der Waals surface area contributed by atoms with Crippen LogP contribution in [0.4, 0.5) is 18.0 Å². The molecule has 3 nitrogen and oxygen atoms in total. The zero-order valence-corrected chi connectivity index (χ0v) is 10.8. The van der Waals surface area contributed by atoms with E-state index in [4.69, 9.17) is 0 Å². The summed E-state index contributed by atoms with van der Waals surface area (Å²) >= 11 is 0. The van der Waals surface area contributed by atoms with Gasteiger partial charge in [-0.15, -0.1) is 0 Å². The van der Waals surface area contributed by atoms with Gasteiger partial charge in [-0.3, -0.25) is 0 Å². The molecule has 108 valence electrons. The molecule has 0 saturated heterocycles. The number of carbonyl (C=O) groups excluding carboxylic acids is 1. The van der Waals surface area contributed by atoms with Crippen LogP contribution in [0.15, 0.2) is 42.0 Å². The van der Waals surface area contributed by atoms with Crippen LogP contribution in [0, 0.1) is 0 Å². The van der Waals surface area contributed by atoms with Gasteiger partial charge < -0.3 is 10.2 Å². The van der Waals surface area contributed by atoms with E-state index >= 15 is 0 Å². The number of nitrogens with one attached hydrogen (secondary N) is 1. The fourth-order valence-electron chi connectivity index (χ4n) is 2.00. The van der Waals surface area contributed by atoms with Crippen molar-refractivity contribution >= 4 is 6.03 Å². The largest absolute Gasteiger partial charge is 0.412 e. The average molecular weight is 284 g/mol. The van der Waals surface area contributed by atoms with Crippen molar-refractivity contribution in [1.82, 2.24) is 10.2 Å². The van der Waals surface area contributed by atoms with E-state index in [0.717, 1.165) is 11.6 Å². The normalized spacial score (nSPS) is 15.8. The minimum atomic E-state index is -4.29. The molecule has 0 fully saturated rings. The lowest BCUT2D eigenvalue weighted by Gasteiger charge is -2.27. The Morgan fingerprint density at radius 3 is 2.50 bits per heavy atom. The van der Waals surface area contributed by atoms with Gasteiger partial charge >= 0.3 is 12.2 Å². The highest BCUT2D eigenvalue weighted by atomic mass is 19.4. The number of alkyl halides is 3. The first-order valence-corrected chi connectivity index (χ1v) is 6.30. The van der Waals surface area contributed by atoms with Gasteiger partial charge in [-0.05, 0) is 12.0 Å². The number of hydrogen-bond acceptors (Lipinski definition) is 1. The standard InChI is InChI=1S/C14H15F3N2O/c15-14(16,17)12-6-8-19(9-7-12)13(20)18-10-11-4-2-1-3-5-11/h1-6H,7-10H2,(H,18,20). The first kappa shape index (κ1) is 14.4. The second kappa shape index (κ2) is 5.98. The van der Waals surface area contributed by atoms with E-state index in [1.54, 1.807) is 0 Å². The van der Waals surface area contributed by atoms with Crippen LogP contribution in [-0.4, -0.2) is 30.2 Å². The van der Waals surface area contributed by atoms with E-state index in [9.17, 15) is 18.0 Å². The summed E-state index contributed by atoms with van der Waals surface area (Å²) in [5.74, 6) is 0. The van der Waals surface area contributed by atoms with Gasteiger partial charge in [0.2, 0.25) is 0 Å². The first-order valence-electron chi connectivity index (χ1n) is 6.30. The molecule has 6 heteroatoms. The van der Waals surface area contributed by atoms with Crippen molar-refractivity contribution in [3.63, 3.8) is 0 Å². The van der Waals surface area contributed by atoms with Crippen LogP contribution in [0.5, 0.6) is 0 Å². The SMILES string of the molecule is O=C(NCc1ccccc1)N1CC=C(C(F)(F)F)CC1. The molecule has 0 atom stereocenters. The molecule has 2 rings (SSSR count). The summed E-state index contributed by atoms with van der Waals surface area (Å²) in [5.41, 5.74) is 0.397. The lowest BCUT2D eigenvalue weighted by atomic mass is 10.1. The number of amides is 2. The lowest BCUT2D eigenvalue weighted by molar-refractivity contribution is -0.0956. The Morgan fingerprint density at radius 2 is 1.95 bits per heavy atom. The molecule has 1 aromatic carbocycles. The molecule has 2 amide bonds. The van der Waals surface area contributed by atoms with Crippen molar-refractivity contribution < 1.29 is 18.0 Å². The predicted molar refractivity (Wildman–Crippen MR) is 69.0 cm³/mol. The van der Waals surface area contributed by atoms with E-state index in [1.807, 2.05) is 30.3 Å². The Bertz CT molecular complexity index is 497. The Morgan fingerprint density at radius 1 is 1.25 bits per heavy atom. The van der Waals surface area contributed by atoms with Crippen LogP contribution in [0.1, 0.15) is 12.0 Å². The monoisotopic (exact) mass is 284 g/mol. The summed E-state index contributed by atoms with van der Waals surface area (Å²) in [6, 6.07) is 9.00. The van der Waals surface area contributed by atoms with E-state index in [-0.39, 0.29) is 25.5 Å². The van der Waals surface area contributed by atoms with Gasteiger partial charge in [-0.1, -0.05) is 36.4 Å². The van der Waals surface area contributed by atoms with Gasteiger partial charge in [0.05, 0.1) is 0 Å². The van der Waals surface area contributed by atoms with Crippen molar-refractivity contribution in [2.75, 3.05) is 13.1 Å². The Hall–Kier alpha value is -1.98. The quantitative estimate of drug-likeness (QED) is 0.832. The molecule has 0 aliphatic carbocycles. The molecule has 1 heterocycles. The Labute approximate surface area is 115 Å². The number of carbonyl (C=O) groups is 1. The van der Waals surface area contributed by atoms with Gasteiger partial charge in [-0.25, -0.2) is 4.79 Å². The maximum atomic E-state index is 12.5. The summed E-state index contributed by atoms with van der Waals surface area (Å²) in [7, 11) is 0. The van der Waals surface area contributed by atoms with Gasteiger partial charge in [0, 0.05) is 25.2 Å². The fraction of sp³-hybridized carbons (Fsp3) is 0.357. The molecule has 0 aromatic heterocycles. The summed E-state index contributed by atoms with van der Waals surface area (Å²) < 4.78 is 37.4. The molecule has 1 aliphatic rings. The summed E-state index contributed by atoms with van der Waals surface area (Å²) in [6.07, 6.45) is -3.36. The zero-order chi connectivity index (χ0) is 14.6. The van der Waals surface area contributed by atoms with Gasteiger partial charge in [0.1, 0.15) is 0 Å². The van der Waals surface area contributed by atoms with E-state index < -0.39 is 11.7 Å². The number of hydrogen-bond donors (Lipinski definition) is 1. The second-order valence-electron chi connectivity index (χ2n) is 4.57. The third-order valence-corrected chi connectivity index (χ3v) is 3.15. The molecule has 20 heavy (non-hydrogen) atoms. The van der Waals surface area contributed by atoms with Crippen molar-refractivity contribution in [1.29, 1.82) is 0 Å². The predicted octanol–water partition coefficient (Wildman–Crippen LogP) is 3.09. The number of nitrogens with zero attached hydrogens (tertiary/aromatic N) is 1. The molecule has 0 saturated carbocycles. The number of urea groups is 1. The summed E-state index contributed by atoms with van der Waals surface area (Å²) in [6.45, 7) is 0.452. The Balaban J connectivity index is 1.85. The van der Waals surface area contributed by atoms with Crippen LogP contribution in [0.25, 0.3) is 0 Å². The zero-order valence-electron chi connectivity index (χ0n) is 10.8. The smallest absolute Gasteiger partial charge is 0.334 e. The molecule has 0 radical (unpaired) electrons. The molecular formula is C14H15F3N2O. The molecule has 1 aromatic rings. The average Bonchev–Trinajstić information content (AvgIpc) is 2.45. The van der Waals surface area contributed by atoms with Crippen molar-refractivity contribution in [2.45, 2.75) is 19.1 Å². The molecule has 1 aliphatic heterocycles. The van der Waals surface area contributed by atoms with Crippen LogP contribution in [0.2, 0.25) is 0 Å². The van der Waals surface area contributed by atoms with Crippen LogP contribution >= 0.6 is 0 Å². The van der Waals surface area contributed by atoms with Crippen molar-refractivity contribution in [3.8, 4) is 0 Å². The second-order valence-corrected chi connectivity index (χ2v) is 4.57. The highest BCUT2D eigenvalue weighted by Crippen LogP contribution is 2.30. The van der Waals surface area contributed by atoms with E-state index in [0.29, 0.717) is 6.54 Å². The molecule has 1 N–H and O–H groups in total. The van der Waals surface area contributed by atoms with E-state index in [1.165, 1.54) is 4.90 Å². The van der Waals surface area contributed by atoms with Crippen molar-refractivity contribution in [2.24, 2.45) is 0 Å². The maximum Gasteiger partial charge on any atom is 0.412 e. The maximum absolute atomic E-state index is 12.5. The third kappa shape index (κ3) is 3.76. The van der Waals surface area contributed by atoms with Gasteiger partial charge in [0.15, 0.2) is 0 Å². The number of halogens is 3. The summed E-state index contributed by atoms with van der Waals surface area (Å²) in [5, 5.41) is 2.70. The fourth-order valence-corrected chi connectivity index (χ4v) is 2.00. The lowest BCUT2D eigenvalue weighted by Crippen LogP contribution is -2.42. The number of rotatable bonds is 2. The highest BCUT2D eigenvalue weighted by molar-refractivity contribution is 5.74. The first-order chi connectivity index (χ1) is 9.47. The molecule has 0 unspecified atom stereocenters. The topological polar surface area (TPSA) is 32.3 Å². The van der Waals surface area contributed by atoms with Crippen LogP contribution < -0.4 is 5.32 Å².